The van der Waals surface area contributed by atoms with Crippen LogP contribution in [0.5, 0.6) is 0 Å². The highest BCUT2D eigenvalue weighted by Crippen LogP contribution is 2.23. The number of nitrogens with one attached hydrogen (secondary N) is 2. The van der Waals surface area contributed by atoms with Gasteiger partial charge in [-0.05, 0) is 48.4 Å². The third-order valence-electron chi connectivity index (χ3n) is 3.49. The molecule has 1 unspecified atom stereocenters. The Bertz CT molecular complexity index is 646. The molecule has 3 N–H and O–H groups in total. The topological polar surface area (TPSA) is 69.8 Å². The maximum atomic E-state index is 10.6. The Kier molecular flexibility index (Phi) is 6.63. The normalized spacial score (nSPS) is 14.2. The van der Waals surface area contributed by atoms with Gasteiger partial charge < -0.3 is 20.2 Å². The van der Waals surface area contributed by atoms with Crippen molar-refractivity contribution in [1.29, 1.82) is 0 Å². The number of guanidine groups is 1. The molecule has 130 valence electrons. The molecule has 2 heterocycles. The number of aliphatic hydroxyl groups is 1. The number of nitrogens with zero attached hydrogens (tertiary/aromatic N) is 1. The monoisotopic (exact) mass is 347 g/mol. The predicted octanol–water partition coefficient (Wildman–Crippen LogP) is 2.90. The van der Waals surface area contributed by atoms with E-state index in [-0.39, 0.29) is 6.54 Å². The van der Waals surface area contributed by atoms with Crippen molar-refractivity contribution in [3.8, 4) is 0 Å². The van der Waals surface area contributed by atoms with E-state index in [0.717, 1.165) is 23.3 Å². The molecule has 0 saturated heterocycles. The van der Waals surface area contributed by atoms with Crippen LogP contribution in [-0.4, -0.2) is 30.7 Å². The first kappa shape index (κ1) is 18.3. The molecule has 0 aliphatic heterocycles. The van der Waals surface area contributed by atoms with Crippen molar-refractivity contribution in [2.24, 2.45) is 4.99 Å². The van der Waals surface area contributed by atoms with Crippen LogP contribution >= 0.6 is 11.3 Å². The molecule has 0 aliphatic carbocycles. The smallest absolute Gasteiger partial charge is 0.191 e. The van der Waals surface area contributed by atoms with E-state index in [2.05, 4.69) is 22.2 Å². The molecule has 2 aromatic heterocycles. The van der Waals surface area contributed by atoms with E-state index in [1.54, 1.807) is 24.5 Å². The van der Waals surface area contributed by atoms with Crippen LogP contribution in [0.2, 0.25) is 0 Å². The fraction of sp³-hybridized carbons (Fsp3) is 0.389. The van der Waals surface area contributed by atoms with Crippen molar-refractivity contribution in [2.45, 2.75) is 25.9 Å². The van der Waals surface area contributed by atoms with Crippen molar-refractivity contribution < 1.29 is 9.52 Å². The molecule has 24 heavy (non-hydrogen) atoms. The molecule has 0 radical (unpaired) electrons. The van der Waals surface area contributed by atoms with E-state index in [0.29, 0.717) is 19.0 Å². The molecular weight excluding hydrogens is 322 g/mol. The molecule has 2 rings (SSSR count). The van der Waals surface area contributed by atoms with Crippen LogP contribution in [-0.2, 0) is 12.0 Å². The van der Waals surface area contributed by atoms with Gasteiger partial charge in [0.1, 0.15) is 11.4 Å². The summed E-state index contributed by atoms with van der Waals surface area (Å²) in [7, 11) is 0. The van der Waals surface area contributed by atoms with E-state index in [9.17, 15) is 5.11 Å². The third kappa shape index (κ3) is 5.86. The van der Waals surface area contributed by atoms with Crippen molar-refractivity contribution in [1.82, 2.24) is 10.6 Å². The Morgan fingerprint density at radius 1 is 1.42 bits per heavy atom. The molecule has 0 aliphatic rings. The zero-order valence-electron chi connectivity index (χ0n) is 14.2. The summed E-state index contributed by atoms with van der Waals surface area (Å²) >= 11 is 1.57. The predicted molar refractivity (Wildman–Crippen MR) is 99.4 cm³/mol. The van der Waals surface area contributed by atoms with E-state index in [1.165, 1.54) is 0 Å². The van der Waals surface area contributed by atoms with E-state index in [1.807, 2.05) is 35.9 Å². The minimum absolute atomic E-state index is 0.274. The summed E-state index contributed by atoms with van der Waals surface area (Å²) in [6.45, 7) is 9.21. The second kappa shape index (κ2) is 8.70. The summed E-state index contributed by atoms with van der Waals surface area (Å²) in [5.74, 6) is 1.58. The maximum absolute atomic E-state index is 10.6. The van der Waals surface area contributed by atoms with Gasteiger partial charge in [-0.1, -0.05) is 12.2 Å². The molecule has 2 aromatic rings. The van der Waals surface area contributed by atoms with Gasteiger partial charge in [0.05, 0.1) is 12.8 Å². The van der Waals surface area contributed by atoms with Crippen molar-refractivity contribution in [3.05, 3.63) is 58.7 Å². The minimum atomic E-state index is -0.987. The number of hydrogen-bond donors (Lipinski definition) is 3. The zero-order valence-corrected chi connectivity index (χ0v) is 15.0. The zero-order chi connectivity index (χ0) is 17.4. The van der Waals surface area contributed by atoms with Gasteiger partial charge in [-0.2, -0.15) is 11.3 Å². The van der Waals surface area contributed by atoms with Crippen molar-refractivity contribution in [3.63, 3.8) is 0 Å². The average Bonchev–Trinajstić information content (AvgIpc) is 3.22. The number of aliphatic imine (C=N–C) groups is 1. The Balaban J connectivity index is 1.94. The molecule has 0 amide bonds. The van der Waals surface area contributed by atoms with Crippen LogP contribution in [0, 0.1) is 0 Å². The number of hydrogen-bond acceptors (Lipinski definition) is 4. The summed E-state index contributed by atoms with van der Waals surface area (Å²) in [5, 5.41) is 21.0. The summed E-state index contributed by atoms with van der Waals surface area (Å²) in [6, 6.07) is 5.74. The van der Waals surface area contributed by atoms with E-state index >= 15 is 0 Å². The molecule has 0 spiro atoms. The average molecular weight is 347 g/mol. The molecular formula is C18H25N3O2S. The Labute approximate surface area is 147 Å². The third-order valence-corrected chi connectivity index (χ3v) is 4.17. The van der Waals surface area contributed by atoms with Crippen LogP contribution in [0.25, 0.3) is 0 Å². The largest absolute Gasteiger partial charge is 0.469 e. The minimum Gasteiger partial charge on any atom is -0.469 e. The molecule has 0 aromatic carbocycles. The molecule has 0 saturated carbocycles. The van der Waals surface area contributed by atoms with Crippen LogP contribution in [0.15, 0.2) is 56.8 Å². The summed E-state index contributed by atoms with van der Waals surface area (Å²) < 4.78 is 5.32. The lowest BCUT2D eigenvalue weighted by Crippen LogP contribution is -2.40. The fourth-order valence-electron chi connectivity index (χ4n) is 2.06. The highest BCUT2D eigenvalue weighted by Gasteiger charge is 2.23. The molecule has 1 atom stereocenters. The second-order valence-electron chi connectivity index (χ2n) is 6.02. The van der Waals surface area contributed by atoms with Crippen LogP contribution in [0.3, 0.4) is 0 Å². The SMILES string of the molecule is C=C(C)CNC(=NCC(C)(O)c1ccsc1)NCCc1ccco1. The first-order valence-electron chi connectivity index (χ1n) is 7.91. The Hall–Kier alpha value is -2.05. The standard InChI is InChI=1S/C18H25N3O2S/c1-14(2)11-20-17(19-8-6-16-5-4-9-23-16)21-13-18(3,22)15-7-10-24-12-15/h4-5,7,9-10,12,22H,1,6,8,11,13H2,2-3H3,(H2,19,20,21). The van der Waals surface area contributed by atoms with Gasteiger partial charge in [-0.15, -0.1) is 0 Å². The lowest BCUT2D eigenvalue weighted by molar-refractivity contribution is 0.0677. The highest BCUT2D eigenvalue weighted by molar-refractivity contribution is 7.08. The van der Waals surface area contributed by atoms with Gasteiger partial charge in [-0.25, -0.2) is 4.99 Å². The molecule has 0 fully saturated rings. The van der Waals surface area contributed by atoms with Crippen LogP contribution < -0.4 is 10.6 Å². The second-order valence-corrected chi connectivity index (χ2v) is 6.80. The highest BCUT2D eigenvalue weighted by atomic mass is 32.1. The van der Waals surface area contributed by atoms with Gasteiger partial charge in [0.25, 0.3) is 0 Å². The fourth-order valence-corrected chi connectivity index (χ4v) is 2.85. The maximum Gasteiger partial charge on any atom is 0.191 e. The molecule has 5 nitrogen and oxygen atoms in total. The van der Waals surface area contributed by atoms with E-state index in [4.69, 9.17) is 4.42 Å². The van der Waals surface area contributed by atoms with Gasteiger partial charge in [-0.3, -0.25) is 0 Å². The van der Waals surface area contributed by atoms with Crippen molar-refractivity contribution in [2.75, 3.05) is 19.6 Å². The lowest BCUT2D eigenvalue weighted by atomic mass is 10.00. The lowest BCUT2D eigenvalue weighted by Gasteiger charge is -2.21. The summed E-state index contributed by atoms with van der Waals surface area (Å²) in [4.78, 5) is 4.52. The van der Waals surface area contributed by atoms with Crippen molar-refractivity contribution >= 4 is 17.3 Å². The Morgan fingerprint density at radius 2 is 2.25 bits per heavy atom. The summed E-state index contributed by atoms with van der Waals surface area (Å²) in [5.41, 5.74) is 0.907. The van der Waals surface area contributed by atoms with E-state index < -0.39 is 5.60 Å². The molecule has 0 bridgehead atoms. The Morgan fingerprint density at radius 3 is 2.88 bits per heavy atom. The van der Waals surface area contributed by atoms with Crippen LogP contribution in [0.4, 0.5) is 0 Å². The first-order chi connectivity index (χ1) is 11.5. The first-order valence-corrected chi connectivity index (χ1v) is 8.85. The van der Waals surface area contributed by atoms with Gasteiger partial charge in [0.2, 0.25) is 0 Å². The summed E-state index contributed by atoms with van der Waals surface area (Å²) in [6.07, 6.45) is 2.43. The van der Waals surface area contributed by atoms with Gasteiger partial charge in [0.15, 0.2) is 5.96 Å². The van der Waals surface area contributed by atoms with Gasteiger partial charge in [0, 0.05) is 19.5 Å². The number of furan rings is 1. The number of rotatable bonds is 8. The number of thiophene rings is 1. The molecule has 6 heteroatoms. The van der Waals surface area contributed by atoms with Gasteiger partial charge >= 0.3 is 0 Å². The van der Waals surface area contributed by atoms with Crippen LogP contribution in [0.1, 0.15) is 25.2 Å². The quantitative estimate of drug-likeness (QED) is 0.390.